The SMILES string of the molecule is CCCCCCCCCCC=CC(F)(F)C(F)(F)C(F)(F)C(F)(F)F. The molecule has 0 aromatic rings. The second-order valence-corrected chi connectivity index (χ2v) is 5.94. The maximum absolute atomic E-state index is 13.2. The molecular weight excluding hydrogens is 363 g/mol. The summed E-state index contributed by atoms with van der Waals surface area (Å²) >= 11 is 0. The summed E-state index contributed by atoms with van der Waals surface area (Å²) < 4.78 is 113. The molecule has 9 heteroatoms. The molecule has 0 atom stereocenters. The van der Waals surface area contributed by atoms with E-state index in [2.05, 4.69) is 6.92 Å². The average Bonchev–Trinajstić information content (AvgIpc) is 2.47. The van der Waals surface area contributed by atoms with Crippen molar-refractivity contribution in [3.05, 3.63) is 12.2 Å². The first-order valence-corrected chi connectivity index (χ1v) is 8.19. The van der Waals surface area contributed by atoms with Gasteiger partial charge in [-0.05, 0) is 18.9 Å². The van der Waals surface area contributed by atoms with E-state index >= 15 is 0 Å². The number of hydrogen-bond acceptors (Lipinski definition) is 0. The summed E-state index contributed by atoms with van der Waals surface area (Å²) in [5.41, 5.74) is 0. The third kappa shape index (κ3) is 6.73. The van der Waals surface area contributed by atoms with E-state index < -0.39 is 30.0 Å². The van der Waals surface area contributed by atoms with Crippen molar-refractivity contribution in [2.45, 2.75) is 88.7 Å². The van der Waals surface area contributed by atoms with Crippen LogP contribution in [0.1, 0.15) is 64.7 Å². The van der Waals surface area contributed by atoms with Gasteiger partial charge in [-0.1, -0.05) is 57.9 Å². The Balaban J connectivity index is 4.40. The fourth-order valence-corrected chi connectivity index (χ4v) is 2.12. The van der Waals surface area contributed by atoms with Crippen LogP contribution in [0.3, 0.4) is 0 Å². The van der Waals surface area contributed by atoms with Gasteiger partial charge in [0.1, 0.15) is 0 Å². The van der Waals surface area contributed by atoms with Gasteiger partial charge in [0.2, 0.25) is 0 Å². The second kappa shape index (κ2) is 9.71. The third-order valence-electron chi connectivity index (χ3n) is 3.72. The first-order chi connectivity index (χ1) is 11.3. The Morgan fingerprint density at radius 1 is 0.600 bits per heavy atom. The highest BCUT2D eigenvalue weighted by molar-refractivity contribution is 5.10. The Morgan fingerprint density at radius 2 is 1.04 bits per heavy atom. The predicted molar refractivity (Wildman–Crippen MR) is 77.3 cm³/mol. The summed E-state index contributed by atoms with van der Waals surface area (Å²) in [5, 5.41) is 0. The molecule has 0 radical (unpaired) electrons. The molecule has 0 aliphatic carbocycles. The average molecular weight is 386 g/mol. The number of halogens is 9. The summed E-state index contributed by atoms with van der Waals surface area (Å²) in [6.45, 7) is 2.07. The van der Waals surface area contributed by atoms with Gasteiger partial charge in [-0.3, -0.25) is 0 Å². The highest BCUT2D eigenvalue weighted by atomic mass is 19.4. The smallest absolute Gasteiger partial charge is 0.195 e. The van der Waals surface area contributed by atoms with Crippen LogP contribution >= 0.6 is 0 Å². The minimum Gasteiger partial charge on any atom is -0.195 e. The van der Waals surface area contributed by atoms with Crippen LogP contribution in [0.4, 0.5) is 39.5 Å². The van der Waals surface area contributed by atoms with Gasteiger partial charge in [-0.2, -0.15) is 39.5 Å². The molecule has 0 unspecified atom stereocenters. The zero-order valence-corrected chi connectivity index (χ0v) is 13.9. The van der Waals surface area contributed by atoms with E-state index in [4.69, 9.17) is 0 Å². The van der Waals surface area contributed by atoms with Crippen molar-refractivity contribution in [2.75, 3.05) is 0 Å². The summed E-state index contributed by atoms with van der Waals surface area (Å²) in [6, 6.07) is 0. The van der Waals surface area contributed by atoms with Crippen molar-refractivity contribution in [2.24, 2.45) is 0 Å². The van der Waals surface area contributed by atoms with Crippen LogP contribution in [-0.4, -0.2) is 23.9 Å². The number of rotatable bonds is 12. The van der Waals surface area contributed by atoms with E-state index in [-0.39, 0.29) is 6.42 Å². The molecule has 0 nitrogen and oxygen atoms in total. The van der Waals surface area contributed by atoms with Gasteiger partial charge in [0.05, 0.1) is 0 Å². The maximum Gasteiger partial charge on any atom is 0.460 e. The van der Waals surface area contributed by atoms with Crippen molar-refractivity contribution in [3.8, 4) is 0 Å². The van der Waals surface area contributed by atoms with E-state index in [0.29, 0.717) is 18.9 Å². The Kier molecular flexibility index (Phi) is 9.36. The lowest BCUT2D eigenvalue weighted by Gasteiger charge is -2.32. The van der Waals surface area contributed by atoms with Crippen molar-refractivity contribution >= 4 is 0 Å². The Hall–Kier alpha value is -0.890. The normalized spacial score (nSPS) is 14.5. The molecule has 0 aliphatic heterocycles. The van der Waals surface area contributed by atoms with Gasteiger partial charge in [-0.25, -0.2) is 0 Å². The fourth-order valence-electron chi connectivity index (χ4n) is 2.12. The van der Waals surface area contributed by atoms with Gasteiger partial charge >= 0.3 is 23.9 Å². The number of hydrogen-bond donors (Lipinski definition) is 0. The van der Waals surface area contributed by atoms with Gasteiger partial charge < -0.3 is 0 Å². The standard InChI is InChI=1S/C16H23F9/c1-2-3-4-5-6-7-8-9-10-11-12-13(17,18)14(19,20)15(21,22)16(23,24)25/h11-12H,2-10H2,1H3. The molecule has 0 aliphatic rings. The molecule has 0 aromatic heterocycles. The molecule has 0 amide bonds. The first kappa shape index (κ1) is 24.1. The van der Waals surface area contributed by atoms with Crippen LogP contribution in [0, 0.1) is 0 Å². The Bertz CT molecular complexity index is 397. The molecule has 0 spiro atoms. The molecule has 25 heavy (non-hydrogen) atoms. The second-order valence-electron chi connectivity index (χ2n) is 5.94. The molecule has 0 fully saturated rings. The molecule has 0 rings (SSSR count). The van der Waals surface area contributed by atoms with E-state index in [0.717, 1.165) is 38.5 Å². The zero-order chi connectivity index (χ0) is 19.8. The van der Waals surface area contributed by atoms with Crippen LogP contribution in [0.15, 0.2) is 12.2 Å². The van der Waals surface area contributed by atoms with Crippen molar-refractivity contribution < 1.29 is 39.5 Å². The molecule has 0 heterocycles. The molecule has 0 aromatic carbocycles. The minimum absolute atomic E-state index is 0.0990. The van der Waals surface area contributed by atoms with Crippen molar-refractivity contribution in [1.82, 2.24) is 0 Å². The van der Waals surface area contributed by atoms with E-state index in [1.165, 1.54) is 0 Å². The van der Waals surface area contributed by atoms with Crippen LogP contribution < -0.4 is 0 Å². The molecule has 0 saturated carbocycles. The van der Waals surface area contributed by atoms with Crippen molar-refractivity contribution in [3.63, 3.8) is 0 Å². The summed E-state index contributed by atoms with van der Waals surface area (Å²) in [5.74, 6) is -19.0. The maximum atomic E-state index is 13.2. The predicted octanol–water partition coefficient (Wildman–Crippen LogP) is 7.54. The van der Waals surface area contributed by atoms with E-state index in [1.54, 1.807) is 0 Å². The van der Waals surface area contributed by atoms with Gasteiger partial charge in [0.25, 0.3) is 0 Å². The minimum atomic E-state index is -6.83. The lowest BCUT2D eigenvalue weighted by atomic mass is 10.0. The van der Waals surface area contributed by atoms with Crippen LogP contribution in [0.25, 0.3) is 0 Å². The number of allylic oxidation sites excluding steroid dienone is 2. The fraction of sp³-hybridized carbons (Fsp3) is 0.875. The lowest BCUT2D eigenvalue weighted by Crippen LogP contribution is -2.60. The Morgan fingerprint density at radius 3 is 1.48 bits per heavy atom. The van der Waals surface area contributed by atoms with Gasteiger partial charge in [-0.15, -0.1) is 0 Å². The van der Waals surface area contributed by atoms with Crippen LogP contribution in [0.2, 0.25) is 0 Å². The summed E-state index contributed by atoms with van der Waals surface area (Å²) in [4.78, 5) is 0. The van der Waals surface area contributed by atoms with Gasteiger partial charge in [0.15, 0.2) is 0 Å². The topological polar surface area (TPSA) is 0 Å². The Labute approximate surface area is 141 Å². The highest BCUT2D eigenvalue weighted by Gasteiger charge is 2.81. The summed E-state index contributed by atoms with van der Waals surface area (Å²) in [7, 11) is 0. The third-order valence-corrected chi connectivity index (χ3v) is 3.72. The lowest BCUT2D eigenvalue weighted by molar-refractivity contribution is -0.388. The monoisotopic (exact) mass is 386 g/mol. The van der Waals surface area contributed by atoms with Crippen LogP contribution in [0.5, 0.6) is 0 Å². The van der Waals surface area contributed by atoms with Gasteiger partial charge in [0, 0.05) is 0 Å². The van der Waals surface area contributed by atoms with E-state index in [1.807, 2.05) is 0 Å². The largest absolute Gasteiger partial charge is 0.460 e. The molecule has 150 valence electrons. The zero-order valence-electron chi connectivity index (χ0n) is 13.9. The molecule has 0 N–H and O–H groups in total. The molecular formula is C16H23F9. The molecule has 0 bridgehead atoms. The van der Waals surface area contributed by atoms with E-state index in [9.17, 15) is 39.5 Å². The number of alkyl halides is 9. The summed E-state index contributed by atoms with van der Waals surface area (Å²) in [6.07, 6.45) is 0.178. The molecule has 0 saturated heterocycles. The van der Waals surface area contributed by atoms with Crippen molar-refractivity contribution in [1.29, 1.82) is 0 Å². The van der Waals surface area contributed by atoms with Crippen LogP contribution in [-0.2, 0) is 0 Å². The highest BCUT2D eigenvalue weighted by Crippen LogP contribution is 2.53. The number of unbranched alkanes of at least 4 members (excludes halogenated alkanes) is 8. The first-order valence-electron chi connectivity index (χ1n) is 8.19. The quantitative estimate of drug-likeness (QED) is 0.185.